The SMILES string of the molecule is CCN(CC)C(=O)CN1CCCN(C(=O)Cn2c(C)csc2=O)CC1. The van der Waals surface area contributed by atoms with Crippen molar-refractivity contribution >= 4 is 23.2 Å². The van der Waals surface area contributed by atoms with Gasteiger partial charge < -0.3 is 9.80 Å². The highest BCUT2D eigenvalue weighted by Crippen LogP contribution is 2.07. The van der Waals surface area contributed by atoms with Crippen LogP contribution in [-0.4, -0.2) is 76.9 Å². The fourth-order valence-corrected chi connectivity index (χ4v) is 3.81. The van der Waals surface area contributed by atoms with Crippen LogP contribution in [0.4, 0.5) is 0 Å². The monoisotopic (exact) mass is 368 g/mol. The number of hydrogen-bond acceptors (Lipinski definition) is 5. The molecule has 0 spiro atoms. The summed E-state index contributed by atoms with van der Waals surface area (Å²) >= 11 is 1.12. The third-order valence-electron chi connectivity index (χ3n) is 4.69. The molecule has 25 heavy (non-hydrogen) atoms. The van der Waals surface area contributed by atoms with Crippen molar-refractivity contribution in [1.82, 2.24) is 19.3 Å². The van der Waals surface area contributed by atoms with E-state index < -0.39 is 0 Å². The standard InChI is InChI=1S/C17H28N4O3S/c1-4-19(5-2)15(22)11-18-7-6-8-20(10-9-18)16(23)12-21-14(3)13-25-17(21)24/h13H,4-12H2,1-3H3. The van der Waals surface area contributed by atoms with Crippen molar-refractivity contribution in [3.63, 3.8) is 0 Å². The average molecular weight is 369 g/mol. The molecule has 0 atom stereocenters. The van der Waals surface area contributed by atoms with Crippen molar-refractivity contribution in [3.8, 4) is 0 Å². The molecule has 8 heteroatoms. The summed E-state index contributed by atoms with van der Waals surface area (Å²) in [6.45, 7) is 10.6. The predicted molar refractivity (Wildman–Crippen MR) is 98.9 cm³/mol. The van der Waals surface area contributed by atoms with E-state index in [9.17, 15) is 14.4 Å². The number of rotatable bonds is 6. The molecule has 2 heterocycles. The molecule has 1 fully saturated rings. The van der Waals surface area contributed by atoms with E-state index in [0.29, 0.717) is 26.2 Å². The van der Waals surface area contributed by atoms with E-state index in [4.69, 9.17) is 0 Å². The zero-order valence-corrected chi connectivity index (χ0v) is 16.2. The van der Waals surface area contributed by atoms with E-state index in [1.54, 1.807) is 5.38 Å². The summed E-state index contributed by atoms with van der Waals surface area (Å²) in [7, 11) is 0. The number of thiazole rings is 1. The Kier molecular flexibility index (Phi) is 7.19. The maximum Gasteiger partial charge on any atom is 0.307 e. The highest BCUT2D eigenvalue weighted by Gasteiger charge is 2.22. The summed E-state index contributed by atoms with van der Waals surface area (Å²) in [6.07, 6.45) is 0.842. The number of nitrogens with zero attached hydrogens (tertiary/aromatic N) is 4. The molecule has 2 amide bonds. The van der Waals surface area contributed by atoms with E-state index >= 15 is 0 Å². The van der Waals surface area contributed by atoms with Gasteiger partial charge >= 0.3 is 4.87 Å². The normalized spacial score (nSPS) is 15.9. The van der Waals surface area contributed by atoms with Gasteiger partial charge in [-0.1, -0.05) is 11.3 Å². The Bertz CT molecular complexity index is 651. The third-order valence-corrected chi connectivity index (χ3v) is 5.57. The number of aromatic nitrogens is 1. The first-order valence-electron chi connectivity index (χ1n) is 8.89. The number of hydrogen-bond donors (Lipinski definition) is 0. The van der Waals surface area contributed by atoms with Gasteiger partial charge in [0.2, 0.25) is 11.8 Å². The van der Waals surface area contributed by atoms with Gasteiger partial charge in [-0.2, -0.15) is 0 Å². The molecule has 0 bridgehead atoms. The molecule has 1 aromatic heterocycles. The number of carbonyl (C=O) groups excluding carboxylic acids is 2. The van der Waals surface area contributed by atoms with E-state index in [1.807, 2.05) is 30.6 Å². The highest BCUT2D eigenvalue weighted by molar-refractivity contribution is 7.07. The van der Waals surface area contributed by atoms with Gasteiger partial charge in [0.05, 0.1) is 6.54 Å². The lowest BCUT2D eigenvalue weighted by Gasteiger charge is -2.25. The Hall–Kier alpha value is -1.67. The van der Waals surface area contributed by atoms with Gasteiger partial charge in [0.15, 0.2) is 0 Å². The van der Waals surface area contributed by atoms with Crippen LogP contribution in [0.2, 0.25) is 0 Å². The predicted octanol–water partition coefficient (Wildman–Crippen LogP) is 0.621. The Morgan fingerprint density at radius 2 is 1.84 bits per heavy atom. The molecule has 0 radical (unpaired) electrons. The molecular formula is C17H28N4O3S. The summed E-state index contributed by atoms with van der Waals surface area (Å²) < 4.78 is 1.53. The number of carbonyl (C=O) groups is 2. The summed E-state index contributed by atoms with van der Waals surface area (Å²) in [5.74, 6) is 0.116. The molecule has 1 aromatic rings. The smallest absolute Gasteiger partial charge is 0.307 e. The maximum atomic E-state index is 12.5. The van der Waals surface area contributed by atoms with Crippen molar-refractivity contribution in [2.24, 2.45) is 0 Å². The number of amides is 2. The van der Waals surface area contributed by atoms with Gasteiger partial charge in [0, 0.05) is 50.3 Å². The summed E-state index contributed by atoms with van der Waals surface area (Å²) in [6, 6.07) is 0. The number of aryl methyl sites for hydroxylation is 1. The maximum absolute atomic E-state index is 12.5. The van der Waals surface area contributed by atoms with Gasteiger partial charge in [0.1, 0.15) is 6.54 Å². The second-order valence-electron chi connectivity index (χ2n) is 6.31. The average Bonchev–Trinajstić information content (AvgIpc) is 2.79. The zero-order valence-electron chi connectivity index (χ0n) is 15.4. The lowest BCUT2D eigenvalue weighted by atomic mass is 10.3. The van der Waals surface area contributed by atoms with Crippen LogP contribution in [0.5, 0.6) is 0 Å². The van der Waals surface area contributed by atoms with Crippen molar-refractivity contribution in [2.45, 2.75) is 33.7 Å². The first kappa shape index (κ1) is 19.7. The van der Waals surface area contributed by atoms with Crippen molar-refractivity contribution < 1.29 is 9.59 Å². The van der Waals surface area contributed by atoms with E-state index in [-0.39, 0.29) is 23.2 Å². The molecule has 1 aliphatic rings. The Morgan fingerprint density at radius 1 is 1.12 bits per heavy atom. The molecule has 2 rings (SSSR count). The van der Waals surface area contributed by atoms with E-state index in [1.165, 1.54) is 4.57 Å². The lowest BCUT2D eigenvalue weighted by molar-refractivity contribution is -0.132. The quantitative estimate of drug-likeness (QED) is 0.738. The van der Waals surface area contributed by atoms with Crippen LogP contribution < -0.4 is 4.87 Å². The molecular weight excluding hydrogens is 340 g/mol. The Labute approximate surface area is 152 Å². The van der Waals surface area contributed by atoms with Crippen LogP contribution in [0.25, 0.3) is 0 Å². The Balaban J connectivity index is 1.89. The highest BCUT2D eigenvalue weighted by atomic mass is 32.1. The minimum Gasteiger partial charge on any atom is -0.342 e. The van der Waals surface area contributed by atoms with Gasteiger partial charge in [-0.15, -0.1) is 0 Å². The van der Waals surface area contributed by atoms with Gasteiger partial charge in [-0.05, 0) is 27.2 Å². The van der Waals surface area contributed by atoms with Crippen LogP contribution >= 0.6 is 11.3 Å². The summed E-state index contributed by atoms with van der Waals surface area (Å²) in [5, 5.41) is 1.78. The van der Waals surface area contributed by atoms with Crippen LogP contribution in [0.15, 0.2) is 10.2 Å². The lowest BCUT2D eigenvalue weighted by Crippen LogP contribution is -2.42. The molecule has 0 aromatic carbocycles. The van der Waals surface area contributed by atoms with E-state index in [2.05, 4.69) is 4.90 Å². The van der Waals surface area contributed by atoms with Crippen molar-refractivity contribution in [2.75, 3.05) is 45.8 Å². The first-order valence-corrected chi connectivity index (χ1v) is 9.77. The van der Waals surface area contributed by atoms with Crippen LogP contribution in [0.3, 0.4) is 0 Å². The van der Waals surface area contributed by atoms with Crippen LogP contribution in [-0.2, 0) is 16.1 Å². The minimum absolute atomic E-state index is 0.0273. The van der Waals surface area contributed by atoms with Gasteiger partial charge in [0.25, 0.3) is 0 Å². The zero-order chi connectivity index (χ0) is 18.4. The second kappa shape index (κ2) is 9.15. The van der Waals surface area contributed by atoms with Crippen LogP contribution in [0, 0.1) is 6.92 Å². The fourth-order valence-electron chi connectivity index (χ4n) is 3.08. The minimum atomic E-state index is -0.0906. The molecule has 7 nitrogen and oxygen atoms in total. The first-order chi connectivity index (χ1) is 12.0. The number of likely N-dealkylation sites (N-methyl/N-ethyl adjacent to an activating group) is 1. The molecule has 0 N–H and O–H groups in total. The molecule has 0 aliphatic carbocycles. The molecule has 0 unspecified atom stereocenters. The largest absolute Gasteiger partial charge is 0.342 e. The molecule has 1 aliphatic heterocycles. The third kappa shape index (κ3) is 5.15. The fraction of sp³-hybridized carbons (Fsp3) is 0.706. The molecule has 1 saturated heterocycles. The molecule has 140 valence electrons. The second-order valence-corrected chi connectivity index (χ2v) is 7.13. The van der Waals surface area contributed by atoms with Crippen molar-refractivity contribution in [1.29, 1.82) is 0 Å². The van der Waals surface area contributed by atoms with E-state index in [0.717, 1.165) is 43.1 Å². The van der Waals surface area contributed by atoms with Gasteiger partial charge in [-0.25, -0.2) is 0 Å². The summed E-state index contributed by atoms with van der Waals surface area (Å²) in [4.78, 5) is 42.2. The molecule has 0 saturated carbocycles. The topological polar surface area (TPSA) is 65.9 Å². The Morgan fingerprint density at radius 3 is 2.44 bits per heavy atom. The van der Waals surface area contributed by atoms with Crippen LogP contribution in [0.1, 0.15) is 26.0 Å². The van der Waals surface area contributed by atoms with Gasteiger partial charge in [-0.3, -0.25) is 23.9 Å². The van der Waals surface area contributed by atoms with Crippen molar-refractivity contribution in [3.05, 3.63) is 20.7 Å². The summed E-state index contributed by atoms with van der Waals surface area (Å²) in [5.41, 5.74) is 0.824.